The van der Waals surface area contributed by atoms with Crippen LogP contribution in [0, 0.1) is 5.92 Å². The molecule has 7 heteroatoms. The summed E-state index contributed by atoms with van der Waals surface area (Å²) in [5.74, 6) is 0.195. The van der Waals surface area contributed by atoms with Gasteiger partial charge in [0.05, 0.1) is 5.92 Å². The summed E-state index contributed by atoms with van der Waals surface area (Å²) < 4.78 is 0. The fourth-order valence-corrected chi connectivity index (χ4v) is 6.03. The van der Waals surface area contributed by atoms with E-state index < -0.39 is 5.97 Å². The second kappa shape index (κ2) is 8.31. The van der Waals surface area contributed by atoms with Gasteiger partial charge in [-0.25, -0.2) is 0 Å². The van der Waals surface area contributed by atoms with Crippen LogP contribution in [0.3, 0.4) is 0 Å². The number of hydrogen-bond acceptors (Lipinski definition) is 6. The van der Waals surface area contributed by atoms with E-state index in [1.807, 2.05) is 0 Å². The first-order valence-electron chi connectivity index (χ1n) is 10.2. The van der Waals surface area contributed by atoms with Gasteiger partial charge in [0.25, 0.3) is 0 Å². The molecule has 1 aromatic heterocycles. The van der Waals surface area contributed by atoms with Gasteiger partial charge in [0.1, 0.15) is 10.0 Å². The predicted octanol–water partition coefficient (Wildman–Crippen LogP) is 2.83. The van der Waals surface area contributed by atoms with E-state index in [9.17, 15) is 4.79 Å². The zero-order valence-electron chi connectivity index (χ0n) is 15.4. The van der Waals surface area contributed by atoms with Crippen molar-refractivity contribution < 1.29 is 9.90 Å². The minimum Gasteiger partial charge on any atom is -0.481 e. The molecule has 3 aliphatic rings. The van der Waals surface area contributed by atoms with Gasteiger partial charge in [-0.3, -0.25) is 4.79 Å². The maximum absolute atomic E-state index is 11.1. The number of aromatic nitrogens is 2. The van der Waals surface area contributed by atoms with Gasteiger partial charge in [-0.05, 0) is 77.5 Å². The smallest absolute Gasteiger partial charge is 0.306 e. The first-order valence-corrected chi connectivity index (χ1v) is 11.0. The average Bonchev–Trinajstić information content (AvgIpc) is 3.19. The molecule has 0 atom stereocenters. The highest BCUT2D eigenvalue weighted by Gasteiger charge is 2.31. The number of nitrogens with zero attached hydrogens (tertiary/aromatic N) is 3. The van der Waals surface area contributed by atoms with Crippen LogP contribution in [-0.2, 0) is 4.79 Å². The van der Waals surface area contributed by atoms with Crippen LogP contribution < -0.4 is 5.32 Å². The molecule has 4 rings (SSSR count). The summed E-state index contributed by atoms with van der Waals surface area (Å²) in [7, 11) is 0. The van der Waals surface area contributed by atoms with Crippen LogP contribution in [0.5, 0.6) is 0 Å². The monoisotopic (exact) mass is 378 g/mol. The summed E-state index contributed by atoms with van der Waals surface area (Å²) in [5.41, 5.74) is 0. The zero-order chi connectivity index (χ0) is 17.9. The number of carboxylic acid groups (broad SMARTS) is 1. The van der Waals surface area contributed by atoms with Crippen molar-refractivity contribution in [1.82, 2.24) is 20.4 Å². The van der Waals surface area contributed by atoms with Gasteiger partial charge in [0.2, 0.25) is 0 Å². The molecule has 1 saturated carbocycles. The molecule has 0 bridgehead atoms. The maximum atomic E-state index is 11.1. The van der Waals surface area contributed by atoms with E-state index in [0.717, 1.165) is 49.8 Å². The highest BCUT2D eigenvalue weighted by atomic mass is 32.1. The lowest BCUT2D eigenvalue weighted by atomic mass is 9.82. The van der Waals surface area contributed by atoms with Gasteiger partial charge in [0, 0.05) is 17.9 Å². The van der Waals surface area contributed by atoms with Gasteiger partial charge in [-0.15, -0.1) is 21.5 Å². The molecule has 2 N–H and O–H groups in total. The maximum Gasteiger partial charge on any atom is 0.306 e. The molecular weight excluding hydrogens is 348 g/mol. The molecule has 0 radical (unpaired) electrons. The summed E-state index contributed by atoms with van der Waals surface area (Å²) >= 11 is 1.79. The first-order chi connectivity index (χ1) is 12.7. The van der Waals surface area contributed by atoms with Gasteiger partial charge < -0.3 is 15.3 Å². The van der Waals surface area contributed by atoms with Crippen LogP contribution in [0.15, 0.2) is 0 Å². The Bertz CT molecular complexity index is 600. The van der Waals surface area contributed by atoms with Crippen molar-refractivity contribution in [3.63, 3.8) is 0 Å². The molecule has 3 heterocycles. The largest absolute Gasteiger partial charge is 0.481 e. The Labute approximate surface area is 159 Å². The number of likely N-dealkylation sites (tertiary alicyclic amines) is 1. The number of rotatable bonds is 4. The molecule has 6 nitrogen and oxygen atoms in total. The molecule has 1 aromatic rings. The van der Waals surface area contributed by atoms with Crippen molar-refractivity contribution in [2.45, 2.75) is 69.2 Å². The molecule has 2 saturated heterocycles. The van der Waals surface area contributed by atoms with Crippen LogP contribution >= 0.6 is 11.3 Å². The SMILES string of the molecule is O=C(O)[C@H]1CC[C@H](c2nnc(C3CCN(C4CCNCC4)CC3)s2)CC1. The summed E-state index contributed by atoms with van der Waals surface area (Å²) in [4.78, 5) is 13.8. The fourth-order valence-electron chi connectivity index (χ4n) is 4.85. The van der Waals surface area contributed by atoms with Crippen LogP contribution in [0.1, 0.15) is 73.2 Å². The molecule has 144 valence electrons. The minimum atomic E-state index is -0.637. The summed E-state index contributed by atoms with van der Waals surface area (Å²) in [6.07, 6.45) is 8.42. The van der Waals surface area contributed by atoms with E-state index in [0.29, 0.717) is 11.8 Å². The first kappa shape index (κ1) is 18.3. The van der Waals surface area contributed by atoms with Gasteiger partial charge >= 0.3 is 5.97 Å². The fraction of sp³-hybridized carbons (Fsp3) is 0.842. The number of carboxylic acids is 1. The lowest BCUT2D eigenvalue weighted by molar-refractivity contribution is -0.142. The number of nitrogens with one attached hydrogen (secondary N) is 1. The van der Waals surface area contributed by atoms with E-state index >= 15 is 0 Å². The van der Waals surface area contributed by atoms with E-state index in [-0.39, 0.29) is 5.92 Å². The summed E-state index contributed by atoms with van der Waals surface area (Å²) in [6, 6.07) is 0.770. The van der Waals surface area contributed by atoms with Crippen molar-refractivity contribution in [2.75, 3.05) is 26.2 Å². The van der Waals surface area contributed by atoms with Crippen molar-refractivity contribution in [3.8, 4) is 0 Å². The van der Waals surface area contributed by atoms with E-state index in [4.69, 9.17) is 5.11 Å². The lowest BCUT2D eigenvalue weighted by Gasteiger charge is -2.39. The van der Waals surface area contributed by atoms with Crippen molar-refractivity contribution in [2.24, 2.45) is 5.92 Å². The number of piperidine rings is 2. The normalized spacial score (nSPS) is 29.7. The standard InChI is InChI=1S/C19H30N4O2S/c24-19(25)15-3-1-13(2-4-15)17-21-22-18(26-17)14-7-11-23(12-8-14)16-5-9-20-10-6-16/h13-16,20H,1-12H2,(H,24,25)/t13-,15-. The molecule has 3 fully saturated rings. The van der Waals surface area contributed by atoms with E-state index in [2.05, 4.69) is 20.4 Å². The van der Waals surface area contributed by atoms with E-state index in [1.54, 1.807) is 11.3 Å². The van der Waals surface area contributed by atoms with Gasteiger partial charge in [0.15, 0.2) is 0 Å². The molecule has 2 aliphatic heterocycles. The van der Waals surface area contributed by atoms with Gasteiger partial charge in [-0.1, -0.05) is 0 Å². The topological polar surface area (TPSA) is 78.3 Å². The highest BCUT2D eigenvalue weighted by molar-refractivity contribution is 7.11. The van der Waals surface area contributed by atoms with Gasteiger partial charge in [-0.2, -0.15) is 0 Å². The number of carbonyl (C=O) groups is 1. The Morgan fingerprint density at radius 3 is 2.08 bits per heavy atom. The Morgan fingerprint density at radius 2 is 1.50 bits per heavy atom. The third kappa shape index (κ3) is 4.10. The third-order valence-corrected chi connectivity index (χ3v) is 7.83. The molecule has 0 unspecified atom stereocenters. The zero-order valence-corrected chi connectivity index (χ0v) is 16.2. The molecule has 0 amide bonds. The Kier molecular flexibility index (Phi) is 5.86. The minimum absolute atomic E-state index is 0.155. The molecular formula is C19H30N4O2S. The molecule has 26 heavy (non-hydrogen) atoms. The number of aliphatic carboxylic acids is 1. The van der Waals surface area contributed by atoms with Crippen LogP contribution in [0.4, 0.5) is 0 Å². The Balaban J connectivity index is 1.29. The number of hydrogen-bond donors (Lipinski definition) is 2. The van der Waals surface area contributed by atoms with Crippen molar-refractivity contribution in [3.05, 3.63) is 10.0 Å². The average molecular weight is 379 g/mol. The lowest BCUT2D eigenvalue weighted by Crippen LogP contribution is -2.46. The third-order valence-electron chi connectivity index (χ3n) is 6.59. The molecule has 0 spiro atoms. The summed E-state index contributed by atoms with van der Waals surface area (Å²) in [6.45, 7) is 4.70. The van der Waals surface area contributed by atoms with Crippen LogP contribution in [0.2, 0.25) is 0 Å². The quantitative estimate of drug-likeness (QED) is 0.839. The van der Waals surface area contributed by atoms with E-state index in [1.165, 1.54) is 43.8 Å². The predicted molar refractivity (Wildman–Crippen MR) is 102 cm³/mol. The Hall–Kier alpha value is -1.05. The van der Waals surface area contributed by atoms with Crippen LogP contribution in [-0.4, -0.2) is 58.4 Å². The molecule has 0 aromatic carbocycles. The van der Waals surface area contributed by atoms with Crippen LogP contribution in [0.25, 0.3) is 0 Å². The molecule has 1 aliphatic carbocycles. The summed E-state index contributed by atoms with van der Waals surface area (Å²) in [5, 5.41) is 24.0. The van der Waals surface area contributed by atoms with Crippen molar-refractivity contribution >= 4 is 17.3 Å². The van der Waals surface area contributed by atoms with Crippen molar-refractivity contribution in [1.29, 1.82) is 0 Å². The Morgan fingerprint density at radius 1 is 0.923 bits per heavy atom. The second-order valence-corrected chi connectivity index (χ2v) is 9.20. The second-order valence-electron chi connectivity index (χ2n) is 8.16. The highest BCUT2D eigenvalue weighted by Crippen LogP contribution is 2.39.